The van der Waals surface area contributed by atoms with Crippen LogP contribution in [0.1, 0.15) is 11.1 Å². The maximum atomic E-state index is 13.3. The molecule has 0 aliphatic heterocycles. The third-order valence-electron chi connectivity index (χ3n) is 7.70. The minimum atomic E-state index is -0.245. The molecule has 1 aliphatic rings. The second-order valence-corrected chi connectivity index (χ2v) is 10.9. The Balaban J connectivity index is 1.65. The molecule has 3 rings (SSSR count). The van der Waals surface area contributed by atoms with Crippen LogP contribution in [0.3, 0.4) is 0 Å². The molecule has 1 aliphatic carbocycles. The number of benzene rings is 2. The standard InChI is InChI=1S/C36H54N2O10/c1-41-21-25-45-17-13-37(14-18-46-26-22-42-2)31-9-5-29(6-10-31)33-35(39)34(36(33)40)30-7-11-32(12-8-30)38(15-19-47-27-23-43-3)16-20-48-28-24-44-4/h5-12,39-40H,13-28H2,1-4H3/p-2. The van der Waals surface area contributed by atoms with E-state index < -0.39 is 0 Å². The molecule has 12 nitrogen and oxygen atoms in total. The van der Waals surface area contributed by atoms with Gasteiger partial charge in [0, 0.05) is 66.0 Å². The quantitative estimate of drug-likeness (QED) is 0.122. The van der Waals surface area contributed by atoms with Crippen LogP contribution in [0.25, 0.3) is 11.1 Å². The summed E-state index contributed by atoms with van der Waals surface area (Å²) in [5, 5.41) is 26.6. The summed E-state index contributed by atoms with van der Waals surface area (Å²) in [6.45, 7) is 8.92. The maximum Gasteiger partial charge on any atom is 0.0701 e. The van der Waals surface area contributed by atoms with Crippen LogP contribution in [-0.2, 0) is 37.9 Å². The zero-order valence-corrected chi connectivity index (χ0v) is 28.9. The Bertz CT molecular complexity index is 1090. The largest absolute Gasteiger partial charge is 0.872 e. The molecule has 0 aromatic heterocycles. The molecule has 48 heavy (non-hydrogen) atoms. The SMILES string of the molecule is COCCOCCN(CCOCCOC)c1ccc(C2=C([O-])C(c3ccc(N(CCOCCOC)CCOCCOC)cc3)=C2[O-])cc1. The number of allylic oxidation sites excluding steroid dienone is 2. The van der Waals surface area contributed by atoms with Gasteiger partial charge in [0.15, 0.2) is 0 Å². The van der Waals surface area contributed by atoms with Gasteiger partial charge in [-0.1, -0.05) is 35.8 Å². The number of rotatable bonds is 28. The van der Waals surface area contributed by atoms with Gasteiger partial charge in [-0.05, 0) is 46.5 Å². The fourth-order valence-corrected chi connectivity index (χ4v) is 5.01. The molecule has 0 fully saturated rings. The number of anilines is 2. The van der Waals surface area contributed by atoms with Gasteiger partial charge in [0.1, 0.15) is 0 Å². The lowest BCUT2D eigenvalue weighted by molar-refractivity contribution is -0.316. The topological polar surface area (TPSA) is 126 Å². The summed E-state index contributed by atoms with van der Waals surface area (Å²) in [4.78, 5) is 4.30. The molecule has 0 N–H and O–H groups in total. The monoisotopic (exact) mass is 672 g/mol. The zero-order chi connectivity index (χ0) is 34.4. The summed E-state index contributed by atoms with van der Waals surface area (Å²) in [6.07, 6.45) is 0. The molecule has 0 saturated carbocycles. The minimum absolute atomic E-state index is 0.209. The van der Waals surface area contributed by atoms with E-state index in [1.807, 2.05) is 48.5 Å². The van der Waals surface area contributed by atoms with Gasteiger partial charge in [0.2, 0.25) is 0 Å². The molecule has 12 heteroatoms. The van der Waals surface area contributed by atoms with E-state index in [9.17, 15) is 10.2 Å². The Morgan fingerprint density at radius 3 is 0.917 bits per heavy atom. The minimum Gasteiger partial charge on any atom is -0.872 e. The van der Waals surface area contributed by atoms with E-state index in [-0.39, 0.29) is 22.7 Å². The number of methoxy groups -OCH3 is 4. The van der Waals surface area contributed by atoms with Crippen molar-refractivity contribution in [1.82, 2.24) is 0 Å². The second kappa shape index (κ2) is 23.2. The molecule has 2 aromatic rings. The molecule has 2 aromatic carbocycles. The van der Waals surface area contributed by atoms with Crippen molar-refractivity contribution in [1.29, 1.82) is 0 Å². The molecule has 0 bridgehead atoms. The van der Waals surface area contributed by atoms with Gasteiger partial charge in [0.25, 0.3) is 0 Å². The normalized spacial score (nSPS) is 12.9. The van der Waals surface area contributed by atoms with E-state index in [1.165, 1.54) is 0 Å². The summed E-state index contributed by atoms with van der Waals surface area (Å²) in [5.41, 5.74) is 3.52. The smallest absolute Gasteiger partial charge is 0.0701 e. The highest BCUT2D eigenvalue weighted by Crippen LogP contribution is 2.42. The Labute approximate surface area is 285 Å². The van der Waals surface area contributed by atoms with Crippen molar-refractivity contribution in [2.24, 2.45) is 0 Å². The van der Waals surface area contributed by atoms with Crippen LogP contribution < -0.4 is 20.0 Å². The van der Waals surface area contributed by atoms with Crippen LogP contribution in [0.15, 0.2) is 60.0 Å². The number of nitrogens with zero attached hydrogens (tertiary/aromatic N) is 2. The van der Waals surface area contributed by atoms with Gasteiger partial charge >= 0.3 is 0 Å². The van der Waals surface area contributed by atoms with Gasteiger partial charge < -0.3 is 57.9 Å². The first-order valence-electron chi connectivity index (χ1n) is 16.4. The van der Waals surface area contributed by atoms with E-state index in [2.05, 4.69) is 9.80 Å². The van der Waals surface area contributed by atoms with Gasteiger partial charge in [0.05, 0.1) is 79.3 Å². The lowest BCUT2D eigenvalue weighted by Gasteiger charge is -2.40. The highest BCUT2D eigenvalue weighted by atomic mass is 16.5. The number of hydrogen-bond acceptors (Lipinski definition) is 12. The average Bonchev–Trinajstić information content (AvgIpc) is 3.10. The van der Waals surface area contributed by atoms with Gasteiger partial charge in [-0.3, -0.25) is 0 Å². The molecule has 268 valence electrons. The molecule has 0 saturated heterocycles. The molecule has 0 atom stereocenters. The molecule has 0 unspecified atom stereocenters. The van der Waals surface area contributed by atoms with E-state index in [0.717, 1.165) is 11.4 Å². The Kier molecular flexibility index (Phi) is 19.0. The van der Waals surface area contributed by atoms with E-state index in [1.54, 1.807) is 28.4 Å². The van der Waals surface area contributed by atoms with Gasteiger partial charge in [-0.2, -0.15) is 0 Å². The fourth-order valence-electron chi connectivity index (χ4n) is 5.01. The van der Waals surface area contributed by atoms with Crippen molar-refractivity contribution in [3.8, 4) is 0 Å². The molecular formula is C36H52N2O10-2. The van der Waals surface area contributed by atoms with Crippen LogP contribution >= 0.6 is 0 Å². The number of ether oxygens (including phenoxy) is 8. The summed E-state index contributed by atoms with van der Waals surface area (Å²) in [5.74, 6) is -0.490. The van der Waals surface area contributed by atoms with E-state index in [0.29, 0.717) is 117 Å². The first kappa shape index (κ1) is 39.2. The Morgan fingerprint density at radius 1 is 0.396 bits per heavy atom. The lowest BCUT2D eigenvalue weighted by Crippen LogP contribution is -2.32. The molecular weight excluding hydrogens is 620 g/mol. The van der Waals surface area contributed by atoms with Crippen molar-refractivity contribution < 1.29 is 48.1 Å². The first-order chi connectivity index (χ1) is 23.5. The zero-order valence-electron chi connectivity index (χ0n) is 28.9. The summed E-state index contributed by atoms with van der Waals surface area (Å²) in [6, 6.07) is 15.0. The lowest BCUT2D eigenvalue weighted by atomic mass is 9.84. The highest BCUT2D eigenvalue weighted by Gasteiger charge is 2.20. The van der Waals surface area contributed by atoms with Crippen LogP contribution in [0, 0.1) is 0 Å². The summed E-state index contributed by atoms with van der Waals surface area (Å²) in [7, 11) is 6.57. The molecule has 0 spiro atoms. The third-order valence-corrected chi connectivity index (χ3v) is 7.70. The van der Waals surface area contributed by atoms with Crippen molar-refractivity contribution in [2.45, 2.75) is 0 Å². The maximum absolute atomic E-state index is 13.3. The fraction of sp³-hybridized carbons (Fsp3) is 0.556. The first-order valence-corrected chi connectivity index (χ1v) is 16.4. The van der Waals surface area contributed by atoms with Crippen LogP contribution in [-0.4, -0.2) is 134 Å². The van der Waals surface area contributed by atoms with Crippen LogP contribution in [0.2, 0.25) is 0 Å². The van der Waals surface area contributed by atoms with Gasteiger partial charge in [-0.15, -0.1) is 0 Å². The van der Waals surface area contributed by atoms with Crippen molar-refractivity contribution in [3.63, 3.8) is 0 Å². The third kappa shape index (κ3) is 12.7. The molecule has 0 radical (unpaired) electrons. The van der Waals surface area contributed by atoms with Crippen LogP contribution in [0.5, 0.6) is 0 Å². The Morgan fingerprint density at radius 2 is 0.667 bits per heavy atom. The molecule has 0 heterocycles. The van der Waals surface area contributed by atoms with Crippen molar-refractivity contribution >= 4 is 22.5 Å². The van der Waals surface area contributed by atoms with E-state index in [4.69, 9.17) is 37.9 Å². The van der Waals surface area contributed by atoms with Gasteiger partial charge in [-0.25, -0.2) is 0 Å². The average molecular weight is 673 g/mol. The van der Waals surface area contributed by atoms with Crippen molar-refractivity contribution in [2.75, 3.05) is 144 Å². The predicted octanol–water partition coefficient (Wildman–Crippen LogP) is 1.81. The van der Waals surface area contributed by atoms with Crippen molar-refractivity contribution in [3.05, 3.63) is 71.2 Å². The summed E-state index contributed by atoms with van der Waals surface area (Å²) < 4.78 is 42.9. The summed E-state index contributed by atoms with van der Waals surface area (Å²) >= 11 is 0. The number of hydrogen-bond donors (Lipinski definition) is 0. The van der Waals surface area contributed by atoms with E-state index >= 15 is 0 Å². The Hall–Kier alpha value is -3.20. The van der Waals surface area contributed by atoms with Crippen LogP contribution in [0.4, 0.5) is 11.4 Å². The highest BCUT2D eigenvalue weighted by molar-refractivity contribution is 6.05. The predicted molar refractivity (Wildman–Crippen MR) is 182 cm³/mol. The molecule has 0 amide bonds. The second-order valence-electron chi connectivity index (χ2n) is 10.9.